The highest BCUT2D eigenvalue weighted by Gasteiger charge is 2.44. The molecule has 3 aliphatic rings. The van der Waals surface area contributed by atoms with Crippen LogP contribution in [0.2, 0.25) is 5.02 Å². The van der Waals surface area contributed by atoms with E-state index in [4.69, 9.17) is 21.1 Å². The first-order chi connectivity index (χ1) is 16.0. The van der Waals surface area contributed by atoms with Crippen LogP contribution in [-0.2, 0) is 21.4 Å². The van der Waals surface area contributed by atoms with E-state index in [9.17, 15) is 14.0 Å². The van der Waals surface area contributed by atoms with Gasteiger partial charge in [0.15, 0.2) is 17.3 Å². The number of benzene rings is 1. The molecular formula is C25H26ClFN2O4. The van der Waals surface area contributed by atoms with Crippen molar-refractivity contribution in [2.75, 3.05) is 31.7 Å². The van der Waals surface area contributed by atoms with Crippen LogP contribution >= 0.6 is 11.6 Å². The molecular weight excluding hydrogens is 447 g/mol. The molecule has 1 spiro atoms. The molecule has 0 amide bonds. The van der Waals surface area contributed by atoms with Gasteiger partial charge in [0.25, 0.3) is 0 Å². The van der Waals surface area contributed by atoms with Gasteiger partial charge in [-0.05, 0) is 67.3 Å². The predicted molar refractivity (Wildman–Crippen MR) is 122 cm³/mol. The predicted octanol–water partition coefficient (Wildman–Crippen LogP) is 4.36. The number of aromatic nitrogens is 1. The molecule has 1 fully saturated rings. The molecule has 1 aromatic carbocycles. The molecule has 33 heavy (non-hydrogen) atoms. The highest BCUT2D eigenvalue weighted by Crippen LogP contribution is 2.46. The summed E-state index contributed by atoms with van der Waals surface area (Å²) < 4.78 is 26.1. The van der Waals surface area contributed by atoms with Crippen LogP contribution < -0.4 is 9.64 Å². The summed E-state index contributed by atoms with van der Waals surface area (Å²) in [6.45, 7) is 1.53. The summed E-state index contributed by atoms with van der Waals surface area (Å²) in [6, 6.07) is 6.87. The van der Waals surface area contributed by atoms with Gasteiger partial charge in [-0.1, -0.05) is 17.7 Å². The standard InChI is InChI=1S/C25H26ClFN2O4/c1-32-24(31)20-8-9-21-23(28-20)29(11-15-4-5-16(15)12-30)13-25(14-33-21)10-2-3-17-18(25)6-7-19(26)22(17)27/h6-9,12,15-16H,2-5,10-11,13-14H2,1H3/t15-,16-,25-/m0/s1. The fraction of sp³-hybridized carbons (Fsp3) is 0.480. The largest absolute Gasteiger partial charge is 0.489 e. The van der Waals surface area contributed by atoms with Crippen molar-refractivity contribution in [3.05, 3.63) is 51.9 Å². The highest BCUT2D eigenvalue weighted by atomic mass is 35.5. The van der Waals surface area contributed by atoms with E-state index >= 15 is 0 Å². The van der Waals surface area contributed by atoms with Crippen LogP contribution in [0, 0.1) is 17.7 Å². The van der Waals surface area contributed by atoms with Gasteiger partial charge in [0.2, 0.25) is 0 Å². The van der Waals surface area contributed by atoms with Crippen molar-refractivity contribution < 1.29 is 23.5 Å². The molecule has 6 nitrogen and oxygen atoms in total. The van der Waals surface area contributed by atoms with Gasteiger partial charge < -0.3 is 19.2 Å². The second-order valence-electron chi connectivity index (χ2n) is 9.34. The van der Waals surface area contributed by atoms with E-state index in [1.54, 1.807) is 18.2 Å². The van der Waals surface area contributed by atoms with Gasteiger partial charge in [0.05, 0.1) is 18.7 Å². The van der Waals surface area contributed by atoms with E-state index in [1.807, 2.05) is 6.07 Å². The number of hydrogen-bond donors (Lipinski definition) is 0. The molecule has 2 aliphatic carbocycles. The first kappa shape index (κ1) is 22.1. The molecule has 8 heteroatoms. The fourth-order valence-corrected chi connectivity index (χ4v) is 5.69. The molecule has 3 atom stereocenters. The van der Waals surface area contributed by atoms with Crippen molar-refractivity contribution >= 4 is 29.7 Å². The van der Waals surface area contributed by atoms with E-state index in [1.165, 1.54) is 7.11 Å². The third-order valence-corrected chi connectivity index (χ3v) is 7.78. The molecule has 0 radical (unpaired) electrons. The summed E-state index contributed by atoms with van der Waals surface area (Å²) in [7, 11) is 1.32. The number of ether oxygens (including phenoxy) is 2. The van der Waals surface area contributed by atoms with Gasteiger partial charge in [0, 0.05) is 24.4 Å². The number of esters is 1. The van der Waals surface area contributed by atoms with Crippen LogP contribution in [0.4, 0.5) is 10.2 Å². The van der Waals surface area contributed by atoms with Crippen LogP contribution in [0.1, 0.15) is 47.3 Å². The lowest BCUT2D eigenvalue weighted by molar-refractivity contribution is -0.115. The Balaban J connectivity index is 1.58. The summed E-state index contributed by atoms with van der Waals surface area (Å²) >= 11 is 6.09. The number of anilines is 1. The van der Waals surface area contributed by atoms with Gasteiger partial charge in [-0.15, -0.1) is 0 Å². The fourth-order valence-electron chi connectivity index (χ4n) is 5.52. The molecule has 1 aliphatic heterocycles. The van der Waals surface area contributed by atoms with E-state index in [0.717, 1.165) is 37.5 Å². The second kappa shape index (κ2) is 8.60. The average molecular weight is 473 g/mol. The van der Waals surface area contributed by atoms with Crippen molar-refractivity contribution in [1.29, 1.82) is 0 Å². The number of nitrogens with zero attached hydrogens (tertiary/aromatic N) is 2. The number of pyridine rings is 1. The Labute approximate surface area is 197 Å². The number of carbonyl (C=O) groups excluding carboxylic acids is 2. The minimum Gasteiger partial charge on any atom is -0.489 e. The van der Waals surface area contributed by atoms with Gasteiger partial charge in [-0.25, -0.2) is 14.2 Å². The number of aldehydes is 1. The first-order valence-corrected chi connectivity index (χ1v) is 11.7. The molecule has 5 rings (SSSR count). The topological polar surface area (TPSA) is 68.7 Å². The van der Waals surface area contributed by atoms with E-state index < -0.39 is 11.4 Å². The summed E-state index contributed by atoms with van der Waals surface area (Å²) in [6.07, 6.45) is 5.16. The van der Waals surface area contributed by atoms with Crippen molar-refractivity contribution in [1.82, 2.24) is 4.98 Å². The minimum atomic E-state index is -0.522. The molecule has 0 bridgehead atoms. The lowest BCUT2D eigenvalue weighted by atomic mass is 9.69. The number of rotatable bonds is 4. The Morgan fingerprint density at radius 1 is 1.36 bits per heavy atom. The van der Waals surface area contributed by atoms with E-state index in [0.29, 0.717) is 43.2 Å². The summed E-state index contributed by atoms with van der Waals surface area (Å²) in [4.78, 5) is 30.4. The average Bonchev–Trinajstić information content (AvgIpc) is 2.96. The lowest BCUT2D eigenvalue weighted by Gasteiger charge is -2.43. The minimum absolute atomic E-state index is 0.0206. The number of halogens is 2. The van der Waals surface area contributed by atoms with Crippen molar-refractivity contribution in [2.24, 2.45) is 11.8 Å². The van der Waals surface area contributed by atoms with Crippen molar-refractivity contribution in [3.63, 3.8) is 0 Å². The number of methoxy groups -OCH3 is 1. The Hall–Kier alpha value is -2.67. The summed E-state index contributed by atoms with van der Waals surface area (Å²) in [5, 5.41) is 0.133. The highest BCUT2D eigenvalue weighted by molar-refractivity contribution is 6.30. The third kappa shape index (κ3) is 3.76. The van der Waals surface area contributed by atoms with Crippen LogP contribution in [0.3, 0.4) is 0 Å². The maximum atomic E-state index is 14.9. The monoisotopic (exact) mass is 472 g/mol. The molecule has 1 aromatic heterocycles. The molecule has 2 heterocycles. The number of fused-ring (bicyclic) bond motifs is 3. The molecule has 2 aromatic rings. The van der Waals surface area contributed by atoms with E-state index in [2.05, 4.69) is 9.88 Å². The number of carbonyl (C=O) groups is 2. The molecule has 0 N–H and O–H groups in total. The van der Waals surface area contributed by atoms with Crippen LogP contribution in [0.5, 0.6) is 5.75 Å². The van der Waals surface area contributed by atoms with Crippen LogP contribution in [0.15, 0.2) is 24.3 Å². The van der Waals surface area contributed by atoms with Gasteiger partial charge in [-0.3, -0.25) is 0 Å². The second-order valence-corrected chi connectivity index (χ2v) is 9.74. The summed E-state index contributed by atoms with van der Waals surface area (Å²) in [5.74, 6) is 0.487. The van der Waals surface area contributed by atoms with Crippen molar-refractivity contribution in [3.8, 4) is 5.75 Å². The zero-order valence-electron chi connectivity index (χ0n) is 18.5. The summed E-state index contributed by atoms with van der Waals surface area (Å²) in [5.41, 5.74) is 1.32. The smallest absolute Gasteiger partial charge is 0.356 e. The van der Waals surface area contributed by atoms with Crippen LogP contribution in [0.25, 0.3) is 0 Å². The molecule has 1 saturated carbocycles. The molecule has 0 saturated heterocycles. The lowest BCUT2D eigenvalue weighted by Crippen LogP contribution is -2.49. The number of hydrogen-bond acceptors (Lipinski definition) is 6. The van der Waals surface area contributed by atoms with Gasteiger partial charge in [-0.2, -0.15) is 0 Å². The third-order valence-electron chi connectivity index (χ3n) is 7.49. The van der Waals surface area contributed by atoms with Crippen LogP contribution in [-0.4, -0.2) is 44.0 Å². The SMILES string of the molecule is COC(=O)c1ccc2c(n1)N(C[C@@H]1CC[C@H]1C=O)C[C@@]1(CCCc3c1ccc(Cl)c3F)CO2. The van der Waals surface area contributed by atoms with Crippen molar-refractivity contribution in [2.45, 2.75) is 37.5 Å². The zero-order valence-corrected chi connectivity index (χ0v) is 19.2. The molecule has 0 unspecified atom stereocenters. The van der Waals surface area contributed by atoms with Gasteiger partial charge >= 0.3 is 5.97 Å². The quantitative estimate of drug-likeness (QED) is 0.486. The maximum Gasteiger partial charge on any atom is 0.356 e. The molecule has 174 valence electrons. The normalized spacial score (nSPS) is 25.8. The Morgan fingerprint density at radius 3 is 2.94 bits per heavy atom. The Bertz CT molecular complexity index is 1110. The van der Waals surface area contributed by atoms with E-state index in [-0.39, 0.29) is 28.4 Å². The first-order valence-electron chi connectivity index (χ1n) is 11.4. The maximum absolute atomic E-state index is 14.9. The van der Waals surface area contributed by atoms with Gasteiger partial charge in [0.1, 0.15) is 12.1 Å². The zero-order chi connectivity index (χ0) is 23.2. The Kier molecular flexibility index (Phi) is 5.77. The Morgan fingerprint density at radius 2 is 2.21 bits per heavy atom.